The van der Waals surface area contributed by atoms with Crippen LogP contribution >= 0.6 is 0 Å². The van der Waals surface area contributed by atoms with Gasteiger partial charge in [0.2, 0.25) is 10.0 Å². The van der Waals surface area contributed by atoms with Gasteiger partial charge in [0.05, 0.1) is 25.7 Å². The van der Waals surface area contributed by atoms with Crippen molar-refractivity contribution >= 4 is 19.9 Å². The van der Waals surface area contributed by atoms with Crippen LogP contribution in [0.15, 0.2) is 35.7 Å². The van der Waals surface area contributed by atoms with E-state index in [0.717, 1.165) is 0 Å². The van der Waals surface area contributed by atoms with Crippen LogP contribution in [0.4, 0.5) is 0 Å². The van der Waals surface area contributed by atoms with Gasteiger partial charge in [-0.15, -0.1) is 6.58 Å². The van der Waals surface area contributed by atoms with Gasteiger partial charge in [0.25, 0.3) is 0 Å². The monoisotopic (exact) mass is 375 g/mol. The van der Waals surface area contributed by atoms with Crippen molar-refractivity contribution in [2.75, 3.05) is 32.3 Å². The van der Waals surface area contributed by atoms with Gasteiger partial charge in [-0.3, -0.25) is 0 Å². The van der Waals surface area contributed by atoms with Crippen molar-refractivity contribution in [3.8, 4) is 11.5 Å². The molecule has 0 amide bonds. The van der Waals surface area contributed by atoms with Crippen molar-refractivity contribution in [1.82, 2.24) is 4.31 Å². The molecule has 0 spiro atoms. The summed E-state index contributed by atoms with van der Waals surface area (Å²) in [4.78, 5) is -0.0306. The van der Waals surface area contributed by atoms with Crippen LogP contribution in [0.1, 0.15) is 6.42 Å². The lowest BCUT2D eigenvalue weighted by atomic mass is 10.2. The highest BCUT2D eigenvalue weighted by Gasteiger charge is 2.39. The molecule has 24 heavy (non-hydrogen) atoms. The maximum Gasteiger partial charge on any atom is 0.247 e. The zero-order valence-corrected chi connectivity index (χ0v) is 15.3. The van der Waals surface area contributed by atoms with Crippen LogP contribution in [-0.2, 0) is 19.9 Å². The fourth-order valence-electron chi connectivity index (χ4n) is 2.69. The van der Waals surface area contributed by atoms with E-state index >= 15 is 0 Å². The van der Waals surface area contributed by atoms with E-state index in [4.69, 9.17) is 9.47 Å². The van der Waals surface area contributed by atoms with Gasteiger partial charge in [-0.05, 0) is 18.6 Å². The Morgan fingerprint density at radius 1 is 1.33 bits per heavy atom. The molecule has 1 aromatic rings. The predicted octanol–water partition coefficient (Wildman–Crippen LogP) is 1.07. The molecule has 1 atom stereocenters. The van der Waals surface area contributed by atoms with E-state index < -0.39 is 25.9 Å². The third-order valence-electron chi connectivity index (χ3n) is 3.88. The van der Waals surface area contributed by atoms with E-state index in [0.29, 0.717) is 5.75 Å². The fourth-order valence-corrected chi connectivity index (χ4v) is 6.28. The van der Waals surface area contributed by atoms with Crippen LogP contribution in [0.5, 0.6) is 11.5 Å². The van der Waals surface area contributed by atoms with E-state index in [9.17, 15) is 16.8 Å². The zero-order chi connectivity index (χ0) is 18.0. The molecule has 1 aliphatic heterocycles. The molecular weight excluding hydrogens is 354 g/mol. The number of sulfonamides is 1. The van der Waals surface area contributed by atoms with Crippen LogP contribution in [0.2, 0.25) is 0 Å². The predicted molar refractivity (Wildman–Crippen MR) is 90.7 cm³/mol. The highest BCUT2D eigenvalue weighted by Crippen LogP contribution is 2.33. The highest BCUT2D eigenvalue weighted by atomic mass is 32.2. The van der Waals surface area contributed by atoms with Gasteiger partial charge in [-0.2, -0.15) is 4.31 Å². The Kier molecular flexibility index (Phi) is 5.56. The van der Waals surface area contributed by atoms with Crippen LogP contribution in [-0.4, -0.2) is 59.5 Å². The van der Waals surface area contributed by atoms with Gasteiger partial charge in [-0.25, -0.2) is 16.8 Å². The Labute approximate surface area is 142 Å². The average molecular weight is 375 g/mol. The second-order valence-corrected chi connectivity index (χ2v) is 9.52. The molecule has 1 fully saturated rings. The Hall–Kier alpha value is -1.58. The second kappa shape index (κ2) is 7.12. The van der Waals surface area contributed by atoms with Crippen molar-refractivity contribution < 1.29 is 26.3 Å². The summed E-state index contributed by atoms with van der Waals surface area (Å²) in [6.45, 7) is 3.60. The summed E-state index contributed by atoms with van der Waals surface area (Å²) in [5.41, 5.74) is 0. The molecule has 9 heteroatoms. The lowest BCUT2D eigenvalue weighted by Gasteiger charge is -2.27. The standard InChI is InChI=1S/C15H21NO6S2/c1-4-8-16(12-7-9-23(17,18)11-12)24(19,20)15-6-5-13(21-2)10-14(15)22-3/h4-6,10,12H,1,7-9,11H2,2-3H3/t12-/m1/s1. The van der Waals surface area contributed by atoms with Crippen molar-refractivity contribution in [2.24, 2.45) is 0 Å². The second-order valence-electron chi connectivity index (χ2n) is 5.44. The molecule has 0 aliphatic carbocycles. The summed E-state index contributed by atoms with van der Waals surface area (Å²) >= 11 is 0. The molecule has 2 rings (SSSR count). The third-order valence-corrected chi connectivity index (χ3v) is 7.59. The first-order valence-corrected chi connectivity index (χ1v) is 10.6. The van der Waals surface area contributed by atoms with Gasteiger partial charge in [0.1, 0.15) is 16.4 Å². The minimum atomic E-state index is -3.95. The van der Waals surface area contributed by atoms with Crippen molar-refractivity contribution in [1.29, 1.82) is 0 Å². The average Bonchev–Trinajstić information content (AvgIpc) is 2.91. The molecule has 134 valence electrons. The summed E-state index contributed by atoms with van der Waals surface area (Å²) in [5.74, 6) is 0.410. The molecule has 0 radical (unpaired) electrons. The first kappa shape index (κ1) is 18.8. The Bertz CT molecular complexity index is 816. The third kappa shape index (κ3) is 3.73. The van der Waals surface area contributed by atoms with Gasteiger partial charge < -0.3 is 9.47 Å². The maximum atomic E-state index is 13.1. The first-order valence-electron chi connectivity index (χ1n) is 7.30. The van der Waals surface area contributed by atoms with E-state index in [1.165, 1.54) is 42.8 Å². The quantitative estimate of drug-likeness (QED) is 0.662. The first-order chi connectivity index (χ1) is 11.2. The molecule has 0 saturated carbocycles. The summed E-state index contributed by atoms with van der Waals surface area (Å²) in [5, 5.41) is 0. The number of methoxy groups -OCH3 is 2. The molecule has 7 nitrogen and oxygen atoms in total. The Morgan fingerprint density at radius 2 is 2.04 bits per heavy atom. The molecule has 0 bridgehead atoms. The lowest BCUT2D eigenvalue weighted by Crippen LogP contribution is -2.41. The molecule has 0 aromatic heterocycles. The summed E-state index contributed by atoms with van der Waals surface area (Å²) in [6, 6.07) is 3.79. The number of hydrogen-bond donors (Lipinski definition) is 0. The fraction of sp³-hybridized carbons (Fsp3) is 0.467. The zero-order valence-electron chi connectivity index (χ0n) is 13.6. The molecule has 1 saturated heterocycles. The van der Waals surface area contributed by atoms with Gasteiger partial charge in [-0.1, -0.05) is 6.08 Å². The van der Waals surface area contributed by atoms with Crippen molar-refractivity contribution in [2.45, 2.75) is 17.4 Å². The van der Waals surface area contributed by atoms with Crippen LogP contribution in [0, 0.1) is 0 Å². The summed E-state index contributed by atoms with van der Waals surface area (Å²) in [6.07, 6.45) is 1.71. The van der Waals surface area contributed by atoms with Crippen LogP contribution in [0.3, 0.4) is 0 Å². The minimum Gasteiger partial charge on any atom is -0.497 e. The Morgan fingerprint density at radius 3 is 2.54 bits per heavy atom. The van der Waals surface area contributed by atoms with Crippen LogP contribution < -0.4 is 9.47 Å². The number of ether oxygens (including phenoxy) is 2. The minimum absolute atomic E-state index is 0.0133. The largest absolute Gasteiger partial charge is 0.497 e. The Balaban J connectivity index is 2.47. The van der Waals surface area contributed by atoms with E-state index in [2.05, 4.69) is 6.58 Å². The van der Waals surface area contributed by atoms with Gasteiger partial charge in [0, 0.05) is 18.7 Å². The molecule has 0 unspecified atom stereocenters. The van der Waals surface area contributed by atoms with Crippen LogP contribution in [0.25, 0.3) is 0 Å². The lowest BCUT2D eigenvalue weighted by molar-refractivity contribution is 0.358. The summed E-state index contributed by atoms with van der Waals surface area (Å²) < 4.78 is 61.0. The molecule has 1 aromatic carbocycles. The number of hydrogen-bond acceptors (Lipinski definition) is 6. The molecule has 1 heterocycles. The molecule has 1 aliphatic rings. The SMILES string of the molecule is C=CCN([C@@H]1CCS(=O)(=O)C1)S(=O)(=O)c1ccc(OC)cc1OC. The van der Waals surface area contributed by atoms with Gasteiger partial charge in [0.15, 0.2) is 9.84 Å². The van der Waals surface area contributed by atoms with E-state index in [1.807, 2.05) is 0 Å². The van der Waals surface area contributed by atoms with E-state index in [-0.39, 0.29) is 35.1 Å². The van der Waals surface area contributed by atoms with Crippen molar-refractivity contribution in [3.63, 3.8) is 0 Å². The maximum absolute atomic E-state index is 13.1. The van der Waals surface area contributed by atoms with Crippen molar-refractivity contribution in [3.05, 3.63) is 30.9 Å². The number of benzene rings is 1. The normalized spacial score (nSPS) is 20.0. The molecule has 0 N–H and O–H groups in total. The molecular formula is C15H21NO6S2. The number of rotatable bonds is 7. The highest BCUT2D eigenvalue weighted by molar-refractivity contribution is 7.92. The summed E-state index contributed by atoms with van der Waals surface area (Å²) in [7, 11) is -4.33. The number of sulfone groups is 1. The smallest absolute Gasteiger partial charge is 0.247 e. The topological polar surface area (TPSA) is 90.0 Å². The number of nitrogens with zero attached hydrogens (tertiary/aromatic N) is 1. The van der Waals surface area contributed by atoms with Gasteiger partial charge >= 0.3 is 0 Å². The van der Waals surface area contributed by atoms with E-state index in [1.54, 1.807) is 0 Å².